The summed E-state index contributed by atoms with van der Waals surface area (Å²) in [5.74, 6) is 0.139. The second-order valence-electron chi connectivity index (χ2n) is 13.4. The van der Waals surface area contributed by atoms with E-state index in [0.29, 0.717) is 29.7 Å². The van der Waals surface area contributed by atoms with Gasteiger partial charge in [0.1, 0.15) is 0 Å². The molecule has 0 saturated heterocycles. The smallest absolute Gasteiger partial charge is 0.306 e. The molecule has 0 aliphatic heterocycles. The van der Waals surface area contributed by atoms with E-state index < -0.39 is 0 Å². The van der Waals surface area contributed by atoms with Gasteiger partial charge in [-0.3, -0.25) is 14.4 Å². The maximum absolute atomic E-state index is 12.6. The number of benzene rings is 1. The first-order chi connectivity index (χ1) is 21.5. The van der Waals surface area contributed by atoms with Gasteiger partial charge in [0.15, 0.2) is 11.5 Å². The van der Waals surface area contributed by atoms with Crippen molar-refractivity contribution in [1.82, 2.24) is 19.4 Å². The quantitative estimate of drug-likeness (QED) is 0.106. The first-order valence-electron chi connectivity index (χ1n) is 17.1. The van der Waals surface area contributed by atoms with Crippen molar-refractivity contribution < 1.29 is 19.1 Å². The van der Waals surface area contributed by atoms with Crippen LogP contribution in [0.25, 0.3) is 17.0 Å². The van der Waals surface area contributed by atoms with E-state index in [1.54, 1.807) is 28.8 Å². The first kappa shape index (κ1) is 36.0. The number of carbonyl (C=O) groups excluding carboxylic acids is 3. The number of fused-ring (bicyclic) bond motifs is 1. The summed E-state index contributed by atoms with van der Waals surface area (Å²) < 4.78 is 8.68. The summed E-state index contributed by atoms with van der Waals surface area (Å²) >= 11 is 0. The van der Waals surface area contributed by atoms with Crippen LogP contribution in [-0.2, 0) is 19.7 Å². The lowest BCUT2D eigenvalue weighted by atomic mass is 9.93. The fourth-order valence-corrected chi connectivity index (χ4v) is 5.51. The number of amides is 1. The molecular formula is C36H55N5O4. The van der Waals surface area contributed by atoms with Crippen LogP contribution in [-0.4, -0.2) is 43.8 Å². The third kappa shape index (κ3) is 11.4. The molecule has 0 fully saturated rings. The molecule has 0 bridgehead atoms. The molecule has 0 radical (unpaired) electrons. The van der Waals surface area contributed by atoms with E-state index in [9.17, 15) is 14.4 Å². The lowest BCUT2D eigenvalue weighted by molar-refractivity contribution is -0.146. The highest BCUT2D eigenvalue weighted by Gasteiger charge is 2.23. The molecule has 248 valence electrons. The molecule has 0 saturated carbocycles. The van der Waals surface area contributed by atoms with Crippen LogP contribution in [0.15, 0.2) is 30.3 Å². The summed E-state index contributed by atoms with van der Waals surface area (Å²) in [7, 11) is 0. The van der Waals surface area contributed by atoms with Gasteiger partial charge in [-0.05, 0) is 43.0 Å². The molecule has 2 aromatic heterocycles. The number of aromatic nitrogens is 4. The van der Waals surface area contributed by atoms with Gasteiger partial charge in [-0.15, -0.1) is 9.73 Å². The number of hydrogen-bond donors (Lipinski definition) is 1. The van der Waals surface area contributed by atoms with Gasteiger partial charge >= 0.3 is 5.97 Å². The predicted octanol–water partition coefficient (Wildman–Crippen LogP) is 8.75. The molecular weight excluding hydrogens is 566 g/mol. The van der Waals surface area contributed by atoms with Crippen molar-refractivity contribution in [2.45, 2.75) is 137 Å². The van der Waals surface area contributed by atoms with Crippen molar-refractivity contribution >= 4 is 29.1 Å². The van der Waals surface area contributed by atoms with Crippen molar-refractivity contribution in [3.05, 3.63) is 36.0 Å². The van der Waals surface area contributed by atoms with E-state index in [-0.39, 0.29) is 36.0 Å². The molecule has 1 atom stereocenters. The highest BCUT2D eigenvalue weighted by molar-refractivity contribution is 5.93. The van der Waals surface area contributed by atoms with Gasteiger partial charge in [-0.1, -0.05) is 98.8 Å². The van der Waals surface area contributed by atoms with Gasteiger partial charge in [-0.2, -0.15) is 5.10 Å². The van der Waals surface area contributed by atoms with E-state index in [1.165, 1.54) is 75.8 Å². The summed E-state index contributed by atoms with van der Waals surface area (Å²) in [6, 6.07) is 9.03. The van der Waals surface area contributed by atoms with Crippen molar-refractivity contribution in [3.63, 3.8) is 0 Å². The van der Waals surface area contributed by atoms with Gasteiger partial charge in [0.25, 0.3) is 0 Å². The molecule has 0 aliphatic rings. The van der Waals surface area contributed by atoms with Crippen LogP contribution in [0, 0.1) is 5.92 Å². The van der Waals surface area contributed by atoms with Crippen molar-refractivity contribution in [2.75, 3.05) is 11.9 Å². The van der Waals surface area contributed by atoms with Crippen LogP contribution in [0.3, 0.4) is 0 Å². The maximum Gasteiger partial charge on any atom is 0.306 e. The molecule has 1 amide bonds. The minimum atomic E-state index is -0.322. The van der Waals surface area contributed by atoms with Gasteiger partial charge in [0.05, 0.1) is 18.7 Å². The van der Waals surface area contributed by atoms with Crippen LogP contribution < -0.4 is 5.32 Å². The first-order valence-corrected chi connectivity index (χ1v) is 17.1. The maximum atomic E-state index is 12.6. The Kier molecular flexibility index (Phi) is 14.3. The van der Waals surface area contributed by atoms with Crippen molar-refractivity contribution in [3.8, 4) is 11.4 Å². The summed E-state index contributed by atoms with van der Waals surface area (Å²) in [6.07, 6.45) is 14.7. The highest BCUT2D eigenvalue weighted by atomic mass is 16.5. The zero-order valence-corrected chi connectivity index (χ0v) is 28.5. The average Bonchev–Trinajstić information content (AvgIpc) is 3.57. The Labute approximate surface area is 269 Å². The number of carbonyl (C=O) groups is 3. The normalized spacial score (nSPS) is 12.4. The molecule has 9 heteroatoms. The lowest BCUT2D eigenvalue weighted by Crippen LogP contribution is -2.17. The Hall–Kier alpha value is -3.49. The number of hydrogen-bond acceptors (Lipinski definition) is 6. The zero-order chi connectivity index (χ0) is 32.8. The van der Waals surface area contributed by atoms with E-state index in [0.717, 1.165) is 24.1 Å². The Balaban J connectivity index is 1.49. The number of nitrogens with zero attached hydrogens (tertiary/aromatic N) is 4. The van der Waals surface area contributed by atoms with Crippen molar-refractivity contribution in [2.24, 2.45) is 5.92 Å². The Morgan fingerprint density at radius 1 is 0.844 bits per heavy atom. The SMILES string of the molecule is CCCCCCCCC(CCCCCC)COC(=O)CCC(=O)Nc1ccc(-c2nn3nc(C(C)(C)C)cc3n2C(C)=O)cc1. The molecule has 1 N–H and O–H groups in total. The zero-order valence-electron chi connectivity index (χ0n) is 28.5. The van der Waals surface area contributed by atoms with Crippen LogP contribution in [0.1, 0.15) is 142 Å². The average molecular weight is 622 g/mol. The highest BCUT2D eigenvalue weighted by Crippen LogP contribution is 2.27. The monoisotopic (exact) mass is 621 g/mol. The minimum absolute atomic E-state index is 0.0515. The summed E-state index contributed by atoms with van der Waals surface area (Å²) in [4.78, 5) is 37.7. The van der Waals surface area contributed by atoms with Gasteiger partial charge < -0.3 is 10.1 Å². The number of nitrogens with one attached hydrogen (secondary N) is 1. The van der Waals surface area contributed by atoms with Gasteiger partial charge in [0, 0.05) is 36.1 Å². The molecule has 2 heterocycles. The van der Waals surface area contributed by atoms with Crippen molar-refractivity contribution in [1.29, 1.82) is 0 Å². The Morgan fingerprint density at radius 2 is 1.44 bits per heavy atom. The van der Waals surface area contributed by atoms with Crippen LogP contribution >= 0.6 is 0 Å². The molecule has 9 nitrogen and oxygen atoms in total. The summed E-state index contributed by atoms with van der Waals surface area (Å²) in [5.41, 5.74) is 2.61. The summed E-state index contributed by atoms with van der Waals surface area (Å²) in [6.45, 7) is 12.6. The molecule has 1 aromatic carbocycles. The minimum Gasteiger partial charge on any atom is -0.465 e. The fraction of sp³-hybridized carbons (Fsp3) is 0.639. The lowest BCUT2D eigenvalue weighted by Gasteiger charge is -2.17. The van der Waals surface area contributed by atoms with Crippen LogP contribution in [0.4, 0.5) is 5.69 Å². The largest absolute Gasteiger partial charge is 0.465 e. The summed E-state index contributed by atoms with van der Waals surface area (Å²) in [5, 5.41) is 12.0. The molecule has 0 spiro atoms. The Bertz CT molecular complexity index is 1370. The van der Waals surface area contributed by atoms with E-state index in [4.69, 9.17) is 4.74 Å². The second-order valence-corrected chi connectivity index (χ2v) is 13.4. The number of ether oxygens (including phenoxy) is 1. The second kappa shape index (κ2) is 17.9. The Morgan fingerprint density at radius 3 is 2.04 bits per heavy atom. The van der Waals surface area contributed by atoms with Gasteiger partial charge in [-0.25, -0.2) is 4.57 Å². The number of rotatable bonds is 19. The number of anilines is 1. The third-order valence-electron chi connectivity index (χ3n) is 8.28. The van der Waals surface area contributed by atoms with E-state index >= 15 is 0 Å². The molecule has 0 aliphatic carbocycles. The standard InChI is InChI=1S/C36H55N5O4/c1-7-9-11-13-14-16-18-28(17-15-12-10-8-2)26-45-34(44)24-23-32(43)37-30-21-19-29(20-22-30)35-39-41-33(40(35)27(3)42)25-31(38-41)36(4,5)6/h19-22,25,28H,7-18,23-24,26H2,1-6H3,(H,37,43). The fourth-order valence-electron chi connectivity index (χ4n) is 5.51. The predicted molar refractivity (Wildman–Crippen MR) is 180 cm³/mol. The van der Waals surface area contributed by atoms with Gasteiger partial charge in [0.2, 0.25) is 11.8 Å². The third-order valence-corrected chi connectivity index (χ3v) is 8.28. The number of unbranched alkanes of at least 4 members (excludes halogenated alkanes) is 8. The molecule has 3 rings (SSSR count). The number of esters is 1. The molecule has 3 aromatic rings. The van der Waals surface area contributed by atoms with E-state index in [2.05, 4.69) is 50.1 Å². The topological polar surface area (TPSA) is 108 Å². The van der Waals surface area contributed by atoms with Crippen LogP contribution in [0.5, 0.6) is 0 Å². The molecule has 45 heavy (non-hydrogen) atoms. The van der Waals surface area contributed by atoms with E-state index in [1.807, 2.05) is 6.07 Å². The molecule has 1 unspecified atom stereocenters. The van der Waals surface area contributed by atoms with Crippen LogP contribution in [0.2, 0.25) is 0 Å².